The Morgan fingerprint density at radius 1 is 0.755 bits per heavy atom. The van der Waals surface area contributed by atoms with Crippen molar-refractivity contribution in [1.29, 1.82) is 0 Å². The molecule has 0 aliphatic carbocycles. The van der Waals surface area contributed by atoms with E-state index in [0.29, 0.717) is 33.5 Å². The second-order valence-electron chi connectivity index (χ2n) is 12.4. The van der Waals surface area contributed by atoms with E-state index in [1.54, 1.807) is 62.4 Å². The molecule has 268 valence electrons. The number of ether oxygens (including phenoxy) is 2. The predicted octanol–water partition coefficient (Wildman–Crippen LogP) is 4.35. The van der Waals surface area contributed by atoms with Gasteiger partial charge in [-0.1, -0.05) is 69.3 Å². The van der Waals surface area contributed by atoms with E-state index in [0.717, 1.165) is 6.42 Å². The summed E-state index contributed by atoms with van der Waals surface area (Å²) in [4.78, 5) is 74.1. The zero-order chi connectivity index (χ0) is 36.6. The number of rotatable bonds is 17. The van der Waals surface area contributed by atoms with E-state index in [-0.39, 0.29) is 36.9 Å². The van der Waals surface area contributed by atoms with Crippen LogP contribution in [0.2, 0.25) is 0 Å². The van der Waals surface area contributed by atoms with Gasteiger partial charge in [0.05, 0.1) is 11.0 Å². The first-order chi connectivity index (χ1) is 23.1. The van der Waals surface area contributed by atoms with E-state index in [9.17, 15) is 28.8 Å². The summed E-state index contributed by atoms with van der Waals surface area (Å²) >= 11 is 1.95. The van der Waals surface area contributed by atoms with Crippen molar-refractivity contribution in [2.75, 3.05) is 34.8 Å². The molecule has 0 bridgehead atoms. The fraction of sp³-hybridized carbons (Fsp3) is 0.471. The van der Waals surface area contributed by atoms with Gasteiger partial charge in [-0.3, -0.25) is 19.2 Å². The second-order valence-corrected chi connectivity index (χ2v) is 13.2. The smallest absolute Gasteiger partial charge is 0.407 e. The van der Waals surface area contributed by atoms with Gasteiger partial charge in [0.25, 0.3) is 5.91 Å². The van der Waals surface area contributed by atoms with E-state index in [1.807, 2.05) is 43.4 Å². The van der Waals surface area contributed by atoms with Gasteiger partial charge < -0.3 is 41.4 Å². The Kier molecular flexibility index (Phi) is 16.8. The third-order valence-corrected chi connectivity index (χ3v) is 8.04. The molecule has 0 saturated carbocycles. The molecule has 0 heterocycles. The van der Waals surface area contributed by atoms with Crippen LogP contribution in [0.4, 0.5) is 21.0 Å². The molecule has 0 fully saturated rings. The summed E-state index contributed by atoms with van der Waals surface area (Å²) in [6, 6.07) is 11.1. The van der Waals surface area contributed by atoms with Crippen molar-refractivity contribution in [3.8, 4) is 0 Å². The highest BCUT2D eigenvalue weighted by atomic mass is 127. The van der Waals surface area contributed by atoms with Crippen LogP contribution in [0.1, 0.15) is 63.9 Å². The molecule has 2 rings (SSSR count). The van der Waals surface area contributed by atoms with Crippen LogP contribution in [0.15, 0.2) is 48.5 Å². The Morgan fingerprint density at radius 2 is 1.31 bits per heavy atom. The second kappa shape index (κ2) is 20.2. The minimum Gasteiger partial charge on any atom is -0.449 e. The van der Waals surface area contributed by atoms with Crippen molar-refractivity contribution in [3.05, 3.63) is 59.7 Å². The summed E-state index contributed by atoms with van der Waals surface area (Å²) in [5.74, 6) is -1.90. The molecule has 2 aromatic rings. The number of hydrogen-bond donors (Lipinski definition) is 6. The molecule has 0 spiro atoms. The van der Waals surface area contributed by atoms with Gasteiger partial charge >= 0.3 is 12.2 Å². The minimum absolute atomic E-state index is 0.0182. The van der Waals surface area contributed by atoms with E-state index >= 15 is 0 Å². The number of alkyl carbamates (subject to hydrolysis) is 2. The van der Waals surface area contributed by atoms with Gasteiger partial charge in [0.2, 0.25) is 17.7 Å². The molecule has 2 aromatic carbocycles. The van der Waals surface area contributed by atoms with Gasteiger partial charge in [0.1, 0.15) is 18.7 Å². The zero-order valence-electron chi connectivity index (χ0n) is 28.7. The number of amides is 6. The molecule has 0 aliphatic rings. The fourth-order valence-corrected chi connectivity index (χ4v) is 4.10. The van der Waals surface area contributed by atoms with Crippen LogP contribution >= 0.6 is 22.6 Å². The Morgan fingerprint density at radius 3 is 1.86 bits per heavy atom. The molecule has 0 aliphatic heterocycles. The van der Waals surface area contributed by atoms with Gasteiger partial charge in [-0.2, -0.15) is 0 Å². The lowest BCUT2D eigenvalue weighted by Gasteiger charge is -2.24. The van der Waals surface area contributed by atoms with Crippen molar-refractivity contribution in [1.82, 2.24) is 21.3 Å². The van der Waals surface area contributed by atoms with Crippen LogP contribution in [-0.4, -0.2) is 72.0 Å². The zero-order valence-corrected chi connectivity index (χ0v) is 30.9. The van der Waals surface area contributed by atoms with Crippen LogP contribution in [0, 0.1) is 11.3 Å². The average Bonchev–Trinajstić information content (AvgIpc) is 3.07. The average molecular weight is 795 g/mol. The van der Waals surface area contributed by atoms with Gasteiger partial charge in [0.15, 0.2) is 0 Å². The quantitative estimate of drug-likeness (QED) is 0.0774. The number of carbonyl (C=O) groups is 6. The SMILES string of the molecule is CCC(C)(C)COC(=O)NCCNC(=O)OCc1ccc(NC(=O)[C@H](C)NC(=O)[C@@H](NC(=O)c2ccc(NC(=O)CI)cc2)C(C)C)cc1. The van der Waals surface area contributed by atoms with Crippen LogP contribution in [-0.2, 0) is 30.5 Å². The highest BCUT2D eigenvalue weighted by Crippen LogP contribution is 2.19. The maximum Gasteiger partial charge on any atom is 0.407 e. The summed E-state index contributed by atoms with van der Waals surface area (Å²) in [6.07, 6.45) is -0.340. The first kappa shape index (κ1) is 40.8. The number of halogens is 1. The van der Waals surface area contributed by atoms with Crippen molar-refractivity contribution in [3.63, 3.8) is 0 Å². The summed E-state index contributed by atoms with van der Waals surface area (Å²) in [5.41, 5.74) is 1.89. The molecule has 0 unspecified atom stereocenters. The topological polar surface area (TPSA) is 193 Å². The lowest BCUT2D eigenvalue weighted by molar-refractivity contribution is -0.128. The Balaban J connectivity index is 1.77. The van der Waals surface area contributed by atoms with Gasteiger partial charge in [-0.15, -0.1) is 0 Å². The van der Waals surface area contributed by atoms with Crippen molar-refractivity contribution in [2.24, 2.45) is 11.3 Å². The molecule has 0 radical (unpaired) electrons. The fourth-order valence-electron chi connectivity index (χ4n) is 3.91. The standard InChI is InChI=1S/C34H47IN6O8/c1-7-34(5,6)20-49-33(47)37-17-16-36-32(46)48-19-23-8-12-26(13-9-23)40-29(43)22(4)38-31(45)28(21(2)3)41-30(44)24-10-14-25(15-11-24)39-27(42)18-35/h8-15,21-22,28H,7,16-20H2,1-6H3,(H,36,46)(H,37,47)(H,38,45)(H,39,42)(H,40,43)(H,41,44)/t22-,28-/m0/s1. The summed E-state index contributed by atoms with van der Waals surface area (Å²) in [6.45, 7) is 11.7. The summed E-state index contributed by atoms with van der Waals surface area (Å²) in [5, 5.41) is 15.9. The molecule has 14 nitrogen and oxygen atoms in total. The van der Waals surface area contributed by atoms with E-state index in [4.69, 9.17) is 9.47 Å². The lowest BCUT2D eigenvalue weighted by atomic mass is 9.92. The number of alkyl halides is 1. The minimum atomic E-state index is -0.919. The maximum atomic E-state index is 13.1. The Bertz CT molecular complexity index is 1430. The molecular weight excluding hydrogens is 747 g/mol. The van der Waals surface area contributed by atoms with Gasteiger partial charge in [-0.25, -0.2) is 9.59 Å². The third kappa shape index (κ3) is 15.1. The molecule has 0 aromatic heterocycles. The van der Waals surface area contributed by atoms with Gasteiger partial charge in [-0.05, 0) is 66.6 Å². The van der Waals surface area contributed by atoms with E-state index < -0.39 is 42.0 Å². The van der Waals surface area contributed by atoms with Crippen molar-refractivity contribution < 1.29 is 38.2 Å². The van der Waals surface area contributed by atoms with Crippen LogP contribution in [0.25, 0.3) is 0 Å². The Hall–Kier alpha value is -4.41. The molecule has 2 atom stereocenters. The van der Waals surface area contributed by atoms with Crippen molar-refractivity contribution >= 4 is 69.8 Å². The molecular formula is C34H47IN6O8. The molecule has 49 heavy (non-hydrogen) atoms. The number of nitrogens with one attached hydrogen (secondary N) is 6. The maximum absolute atomic E-state index is 13.1. The van der Waals surface area contributed by atoms with E-state index in [1.165, 1.54) is 6.92 Å². The normalized spacial score (nSPS) is 12.2. The van der Waals surface area contributed by atoms with Crippen LogP contribution in [0.5, 0.6) is 0 Å². The summed E-state index contributed by atoms with van der Waals surface area (Å²) in [7, 11) is 0. The first-order valence-electron chi connectivity index (χ1n) is 15.9. The molecule has 6 amide bonds. The Labute approximate surface area is 300 Å². The van der Waals surface area contributed by atoms with Crippen LogP contribution < -0.4 is 31.9 Å². The third-order valence-electron chi connectivity index (χ3n) is 7.35. The van der Waals surface area contributed by atoms with E-state index in [2.05, 4.69) is 31.9 Å². The summed E-state index contributed by atoms with van der Waals surface area (Å²) < 4.78 is 10.7. The largest absolute Gasteiger partial charge is 0.449 e. The molecule has 0 saturated heterocycles. The van der Waals surface area contributed by atoms with Crippen molar-refractivity contribution in [2.45, 2.75) is 66.7 Å². The number of carbonyl (C=O) groups excluding carboxylic acids is 6. The number of hydrogen-bond acceptors (Lipinski definition) is 8. The highest BCUT2D eigenvalue weighted by molar-refractivity contribution is 14.1. The van der Waals surface area contributed by atoms with Crippen LogP contribution in [0.3, 0.4) is 0 Å². The number of benzene rings is 2. The van der Waals surface area contributed by atoms with Gasteiger partial charge in [0, 0.05) is 30.0 Å². The number of anilines is 2. The molecule has 6 N–H and O–H groups in total. The highest BCUT2D eigenvalue weighted by Gasteiger charge is 2.27. The predicted molar refractivity (Wildman–Crippen MR) is 194 cm³/mol. The first-order valence-corrected chi connectivity index (χ1v) is 17.4. The lowest BCUT2D eigenvalue weighted by Crippen LogP contribution is -2.53. The molecule has 15 heteroatoms. The monoisotopic (exact) mass is 794 g/mol.